The summed E-state index contributed by atoms with van der Waals surface area (Å²) in [6.07, 6.45) is 1.06. The first-order valence-corrected chi connectivity index (χ1v) is 19.6. The molecule has 0 bridgehead atoms. The van der Waals surface area contributed by atoms with Crippen molar-refractivity contribution in [3.63, 3.8) is 0 Å². The van der Waals surface area contributed by atoms with Crippen molar-refractivity contribution in [2.24, 2.45) is 0 Å². The van der Waals surface area contributed by atoms with Gasteiger partial charge in [-0.25, -0.2) is 0 Å². The van der Waals surface area contributed by atoms with Crippen LogP contribution in [-0.2, 0) is 6.42 Å². The summed E-state index contributed by atoms with van der Waals surface area (Å²) in [5, 5.41) is 5.64. The molecular formula is C32H42SSi2. The van der Waals surface area contributed by atoms with Gasteiger partial charge in [-0.3, -0.25) is 0 Å². The van der Waals surface area contributed by atoms with Gasteiger partial charge in [0.1, 0.15) is 16.1 Å². The third-order valence-electron chi connectivity index (χ3n) is 8.53. The molecule has 0 aliphatic carbocycles. The molecule has 0 saturated heterocycles. The molecule has 2 aromatic carbocycles. The summed E-state index contributed by atoms with van der Waals surface area (Å²) in [5.74, 6) is 7.37. The normalized spacial score (nSPS) is 11.9. The van der Waals surface area contributed by atoms with Crippen LogP contribution >= 0.6 is 11.3 Å². The Kier molecular flexibility index (Phi) is 8.92. The van der Waals surface area contributed by atoms with E-state index >= 15 is 0 Å². The van der Waals surface area contributed by atoms with Crippen molar-refractivity contribution < 1.29 is 0 Å². The first-order valence-electron chi connectivity index (χ1n) is 13.5. The lowest BCUT2D eigenvalue weighted by atomic mass is 9.95. The molecule has 1 aromatic heterocycles. The molecule has 184 valence electrons. The number of fused-ring (bicyclic) bond motifs is 2. The molecule has 0 saturated carbocycles. The van der Waals surface area contributed by atoms with Gasteiger partial charge in [0.2, 0.25) is 0 Å². The van der Waals surface area contributed by atoms with Gasteiger partial charge in [0.05, 0.1) is 0 Å². The van der Waals surface area contributed by atoms with Crippen molar-refractivity contribution in [1.82, 2.24) is 0 Å². The van der Waals surface area contributed by atoms with Crippen LogP contribution in [0.2, 0.25) is 36.3 Å². The van der Waals surface area contributed by atoms with Crippen molar-refractivity contribution >= 4 is 61.5 Å². The highest BCUT2D eigenvalue weighted by atomic mass is 32.1. The maximum Gasteiger partial charge on any atom is 0.138 e. The molecule has 0 aliphatic heterocycles. The smallest absolute Gasteiger partial charge is 0.138 e. The molecule has 3 heteroatoms. The van der Waals surface area contributed by atoms with Crippen LogP contribution in [0.5, 0.6) is 0 Å². The van der Waals surface area contributed by atoms with Gasteiger partial charge in [0.15, 0.2) is 0 Å². The summed E-state index contributed by atoms with van der Waals surface area (Å²) < 4.78 is 1.33. The number of hydrogen-bond donors (Lipinski definition) is 0. The van der Waals surface area contributed by atoms with Crippen molar-refractivity contribution in [3.05, 3.63) is 44.6 Å². The lowest BCUT2D eigenvalue weighted by Crippen LogP contribution is -2.32. The average Bonchev–Trinajstić information content (AvgIpc) is 3.30. The summed E-state index contributed by atoms with van der Waals surface area (Å²) in [6, 6.07) is 14.2. The van der Waals surface area contributed by atoms with Crippen LogP contribution in [0.4, 0.5) is 0 Å². The van der Waals surface area contributed by atoms with Crippen molar-refractivity contribution in [1.29, 1.82) is 0 Å². The van der Waals surface area contributed by atoms with Gasteiger partial charge < -0.3 is 0 Å². The molecule has 0 spiro atoms. The molecular weight excluding hydrogens is 473 g/mol. The molecule has 3 aromatic rings. The van der Waals surface area contributed by atoms with E-state index in [2.05, 4.69) is 103 Å². The zero-order valence-corrected chi connectivity index (χ0v) is 25.8. The van der Waals surface area contributed by atoms with Crippen LogP contribution in [-0.4, -0.2) is 16.1 Å². The summed E-state index contributed by atoms with van der Waals surface area (Å²) in [7, 11) is -3.16. The Hall–Kier alpha value is -2.05. The Labute approximate surface area is 219 Å². The molecule has 0 N–H and O–H groups in total. The van der Waals surface area contributed by atoms with Gasteiger partial charge in [-0.2, -0.15) is 0 Å². The molecule has 0 fully saturated rings. The van der Waals surface area contributed by atoms with Gasteiger partial charge in [0.25, 0.3) is 0 Å². The van der Waals surface area contributed by atoms with E-state index in [1.54, 1.807) is 0 Å². The van der Waals surface area contributed by atoms with E-state index in [-0.39, 0.29) is 0 Å². The largest absolute Gasteiger partial charge is 0.140 e. The molecule has 0 atom stereocenters. The standard InChI is InChI=1S/C32H42SSi2/c1-10-27-21-26-22-30-28(17-19-34(11-2,12-3)13-4)24(8)25(9)29(31(30)23-32(26)33-27)18-20-35(14-5,15-6)16-7/h21-23H,8-16H2,1-7H3. The second-order valence-corrected chi connectivity index (χ2v) is 20.9. The second-order valence-electron chi connectivity index (χ2n) is 9.89. The molecule has 0 unspecified atom stereocenters. The summed E-state index contributed by atoms with van der Waals surface area (Å²) in [6.45, 7) is 25.1. The molecule has 0 amide bonds. The van der Waals surface area contributed by atoms with Crippen LogP contribution in [0, 0.1) is 22.9 Å². The summed E-state index contributed by atoms with van der Waals surface area (Å²) >= 11 is 1.90. The number of rotatable bonds is 7. The average molecular weight is 515 g/mol. The van der Waals surface area contributed by atoms with Crippen LogP contribution in [0.3, 0.4) is 0 Å². The minimum absolute atomic E-state index is 0.961. The highest BCUT2D eigenvalue weighted by Crippen LogP contribution is 2.32. The molecule has 1 heterocycles. The Morgan fingerprint density at radius 1 is 0.657 bits per heavy atom. The lowest BCUT2D eigenvalue weighted by Gasteiger charge is -2.20. The predicted molar refractivity (Wildman–Crippen MR) is 167 cm³/mol. The van der Waals surface area contributed by atoms with Crippen molar-refractivity contribution in [2.45, 2.75) is 91.2 Å². The number of benzene rings is 2. The number of thiophene rings is 1. The molecule has 0 aliphatic rings. The van der Waals surface area contributed by atoms with E-state index in [0.29, 0.717) is 0 Å². The fraction of sp³-hybridized carbons (Fsp3) is 0.438. The number of hydrogen-bond acceptors (Lipinski definition) is 1. The first-order chi connectivity index (χ1) is 16.8. The highest BCUT2D eigenvalue weighted by molar-refractivity contribution is 7.19. The quantitative estimate of drug-likeness (QED) is 0.220. The third-order valence-corrected chi connectivity index (χ3v) is 19.2. The van der Waals surface area contributed by atoms with Gasteiger partial charge in [0, 0.05) is 26.1 Å². The predicted octanol–water partition coefficient (Wildman–Crippen LogP) is 8.24. The zero-order chi connectivity index (χ0) is 25.8. The Morgan fingerprint density at radius 3 is 1.49 bits per heavy atom. The van der Waals surface area contributed by atoms with Gasteiger partial charge in [-0.15, -0.1) is 22.4 Å². The van der Waals surface area contributed by atoms with Gasteiger partial charge >= 0.3 is 0 Å². The van der Waals surface area contributed by atoms with Crippen LogP contribution < -0.4 is 10.4 Å². The molecule has 3 rings (SSSR count). The molecule has 35 heavy (non-hydrogen) atoms. The van der Waals surface area contributed by atoms with Crippen molar-refractivity contribution in [3.8, 4) is 22.9 Å². The zero-order valence-electron chi connectivity index (χ0n) is 23.0. The number of aryl methyl sites for hydroxylation is 1. The van der Waals surface area contributed by atoms with Crippen molar-refractivity contribution in [2.75, 3.05) is 0 Å². The van der Waals surface area contributed by atoms with Crippen LogP contribution in [0.15, 0.2) is 18.2 Å². The Balaban J connectivity index is 2.44. The summed E-state index contributed by atoms with van der Waals surface area (Å²) in [5.41, 5.74) is 9.78. The summed E-state index contributed by atoms with van der Waals surface area (Å²) in [4.78, 5) is 1.42. The monoisotopic (exact) mass is 514 g/mol. The van der Waals surface area contributed by atoms with E-state index in [9.17, 15) is 0 Å². The van der Waals surface area contributed by atoms with Gasteiger partial charge in [-0.05, 0) is 82.1 Å². The van der Waals surface area contributed by atoms with E-state index in [0.717, 1.165) is 28.0 Å². The third kappa shape index (κ3) is 5.24. The molecule has 0 radical (unpaired) electrons. The lowest BCUT2D eigenvalue weighted by molar-refractivity contribution is 1.19. The first kappa shape index (κ1) is 27.5. The minimum Gasteiger partial charge on any atom is -0.140 e. The van der Waals surface area contributed by atoms with E-state index in [1.807, 2.05) is 11.3 Å². The van der Waals surface area contributed by atoms with Crippen LogP contribution in [0.25, 0.3) is 34.0 Å². The van der Waals surface area contributed by atoms with E-state index in [1.165, 1.54) is 62.0 Å². The van der Waals surface area contributed by atoms with Gasteiger partial charge in [-0.1, -0.05) is 73.5 Å². The SMILES string of the molecule is C=c1c(C#C[Si](CC)(CC)CC)c2cc3cc(CC)sc3cc2c(C#C[Si](CC)(CC)CC)c1=C. The maximum absolute atomic E-state index is 4.51. The van der Waals surface area contributed by atoms with Crippen LogP contribution in [0.1, 0.15) is 64.5 Å². The fourth-order valence-corrected chi connectivity index (χ4v) is 10.9. The maximum atomic E-state index is 4.51. The minimum atomic E-state index is -1.58. The van der Waals surface area contributed by atoms with E-state index in [4.69, 9.17) is 0 Å². The Bertz CT molecular complexity index is 1320. The highest BCUT2D eigenvalue weighted by Gasteiger charge is 2.25. The second kappa shape index (κ2) is 11.3. The molecule has 0 nitrogen and oxygen atoms in total. The fourth-order valence-electron chi connectivity index (χ4n) is 5.06. The Morgan fingerprint density at radius 2 is 1.09 bits per heavy atom. The topological polar surface area (TPSA) is 0 Å². The van der Waals surface area contributed by atoms with E-state index < -0.39 is 16.1 Å².